The lowest BCUT2D eigenvalue weighted by molar-refractivity contribution is 0.564. The highest BCUT2D eigenvalue weighted by atomic mass is 32.2. The minimum absolute atomic E-state index is 0.0974. The van der Waals surface area contributed by atoms with Crippen LogP contribution < -0.4 is 5.73 Å². The first kappa shape index (κ1) is 13.6. The molecule has 0 saturated heterocycles. The van der Waals surface area contributed by atoms with E-state index in [4.69, 9.17) is 5.73 Å². The second-order valence-corrected chi connectivity index (χ2v) is 5.36. The van der Waals surface area contributed by atoms with Crippen molar-refractivity contribution in [2.75, 3.05) is 5.73 Å². The zero-order valence-corrected chi connectivity index (χ0v) is 10.5. The maximum Gasteiger partial charge on any atom is 0.130 e. The zero-order valence-electron chi connectivity index (χ0n) is 9.70. The molecule has 0 spiro atoms. The molecule has 2 N–H and O–H groups in total. The van der Waals surface area contributed by atoms with Crippen molar-refractivity contribution >= 4 is 16.5 Å². The van der Waals surface area contributed by atoms with E-state index in [-0.39, 0.29) is 21.9 Å². The molecule has 1 unspecified atom stereocenters. The largest absolute Gasteiger partial charge is 0.399 e. The number of anilines is 1. The molecule has 0 aliphatic carbocycles. The van der Waals surface area contributed by atoms with Crippen molar-refractivity contribution in [1.29, 1.82) is 0 Å². The maximum absolute atomic E-state index is 13.4. The lowest BCUT2D eigenvalue weighted by Gasteiger charge is -2.06. The lowest BCUT2D eigenvalue weighted by atomic mass is 10.2. The van der Waals surface area contributed by atoms with Gasteiger partial charge in [-0.05, 0) is 30.3 Å². The van der Waals surface area contributed by atoms with Gasteiger partial charge >= 0.3 is 0 Å². The zero-order chi connectivity index (χ0) is 14.0. The number of hydrogen-bond donors (Lipinski definition) is 1. The van der Waals surface area contributed by atoms with Crippen LogP contribution in [0.1, 0.15) is 5.56 Å². The standard InChI is InChI=1S/C13H10F3NOS/c14-8-4-9(17)6-10(5-8)19(18)7-11-12(15)2-1-3-13(11)16/h1-6H,7,17H2. The molecule has 100 valence electrons. The molecule has 2 nitrogen and oxygen atoms in total. The van der Waals surface area contributed by atoms with Gasteiger partial charge in [-0.2, -0.15) is 0 Å². The molecule has 0 radical (unpaired) electrons. The molecule has 0 bridgehead atoms. The Labute approximate surface area is 110 Å². The third-order valence-electron chi connectivity index (χ3n) is 2.49. The van der Waals surface area contributed by atoms with Gasteiger partial charge in [-0.25, -0.2) is 13.2 Å². The summed E-state index contributed by atoms with van der Waals surface area (Å²) in [5.74, 6) is -2.57. The number of rotatable bonds is 3. The van der Waals surface area contributed by atoms with Gasteiger partial charge in [-0.1, -0.05) is 6.07 Å². The first-order valence-corrected chi connectivity index (χ1v) is 6.66. The van der Waals surface area contributed by atoms with Gasteiger partial charge in [0, 0.05) is 16.1 Å². The van der Waals surface area contributed by atoms with Crippen LogP contribution in [0, 0.1) is 17.5 Å². The third kappa shape index (κ3) is 3.14. The minimum atomic E-state index is -1.78. The summed E-state index contributed by atoms with van der Waals surface area (Å²) in [6.07, 6.45) is 0. The summed E-state index contributed by atoms with van der Waals surface area (Å²) in [4.78, 5) is 0.0974. The summed E-state index contributed by atoms with van der Waals surface area (Å²) in [6.45, 7) is 0. The van der Waals surface area contributed by atoms with Gasteiger partial charge < -0.3 is 5.73 Å². The van der Waals surface area contributed by atoms with Crippen LogP contribution in [0.2, 0.25) is 0 Å². The van der Waals surface area contributed by atoms with E-state index in [1.807, 2.05) is 0 Å². The second kappa shape index (κ2) is 5.44. The van der Waals surface area contributed by atoms with Crippen LogP contribution in [0.25, 0.3) is 0 Å². The highest BCUT2D eigenvalue weighted by molar-refractivity contribution is 7.84. The third-order valence-corrected chi connectivity index (χ3v) is 3.81. The van der Waals surface area contributed by atoms with Gasteiger partial charge in [0.15, 0.2) is 0 Å². The average molecular weight is 285 g/mol. The van der Waals surface area contributed by atoms with E-state index in [9.17, 15) is 17.4 Å². The smallest absolute Gasteiger partial charge is 0.130 e. The van der Waals surface area contributed by atoms with E-state index in [2.05, 4.69) is 0 Å². The van der Waals surface area contributed by atoms with Crippen molar-refractivity contribution in [3.8, 4) is 0 Å². The molecular formula is C13H10F3NOS. The fraction of sp³-hybridized carbons (Fsp3) is 0.0769. The molecule has 1 atom stereocenters. The van der Waals surface area contributed by atoms with Crippen LogP contribution in [0.5, 0.6) is 0 Å². The van der Waals surface area contributed by atoms with Gasteiger partial charge in [-0.15, -0.1) is 0 Å². The van der Waals surface area contributed by atoms with Gasteiger partial charge in [0.25, 0.3) is 0 Å². The molecule has 2 aromatic carbocycles. The molecule has 0 aromatic heterocycles. The Morgan fingerprint density at radius 2 is 1.68 bits per heavy atom. The average Bonchev–Trinajstić information content (AvgIpc) is 2.32. The number of benzene rings is 2. The summed E-state index contributed by atoms with van der Waals surface area (Å²) in [7, 11) is -1.78. The van der Waals surface area contributed by atoms with Crippen molar-refractivity contribution in [1.82, 2.24) is 0 Å². The van der Waals surface area contributed by atoms with Crippen molar-refractivity contribution in [2.45, 2.75) is 10.6 Å². The Balaban J connectivity index is 2.31. The highest BCUT2D eigenvalue weighted by Crippen LogP contribution is 2.20. The first-order valence-electron chi connectivity index (χ1n) is 5.34. The predicted octanol–water partition coefficient (Wildman–Crippen LogP) is 2.99. The van der Waals surface area contributed by atoms with E-state index < -0.39 is 28.3 Å². The molecule has 2 rings (SSSR count). The van der Waals surface area contributed by atoms with E-state index in [0.717, 1.165) is 24.3 Å². The maximum atomic E-state index is 13.4. The van der Waals surface area contributed by atoms with E-state index in [0.29, 0.717) is 0 Å². The Kier molecular flexibility index (Phi) is 3.90. The Bertz CT molecular complexity index is 605. The summed E-state index contributed by atoms with van der Waals surface area (Å²) in [5.41, 5.74) is 5.25. The first-order chi connectivity index (χ1) is 8.97. The van der Waals surface area contributed by atoms with Crippen molar-refractivity contribution in [3.05, 3.63) is 59.4 Å². The Hall–Kier alpha value is -1.82. The molecule has 0 heterocycles. The summed E-state index contributed by atoms with van der Waals surface area (Å²) >= 11 is 0. The van der Waals surface area contributed by atoms with E-state index in [1.165, 1.54) is 12.1 Å². The van der Waals surface area contributed by atoms with Crippen LogP contribution in [0.3, 0.4) is 0 Å². The quantitative estimate of drug-likeness (QED) is 0.881. The van der Waals surface area contributed by atoms with Gasteiger partial charge in [0.2, 0.25) is 0 Å². The SMILES string of the molecule is Nc1cc(F)cc(S(=O)Cc2c(F)cccc2F)c1. The molecule has 0 amide bonds. The molecule has 0 fully saturated rings. The van der Waals surface area contributed by atoms with E-state index in [1.54, 1.807) is 0 Å². The van der Waals surface area contributed by atoms with Crippen LogP contribution in [-0.4, -0.2) is 4.21 Å². The topological polar surface area (TPSA) is 43.1 Å². The fourth-order valence-corrected chi connectivity index (χ4v) is 2.82. The fourth-order valence-electron chi connectivity index (χ4n) is 1.60. The van der Waals surface area contributed by atoms with Gasteiger partial charge in [0.05, 0.1) is 16.6 Å². The molecule has 0 saturated carbocycles. The normalized spacial score (nSPS) is 12.4. The summed E-state index contributed by atoms with van der Waals surface area (Å²) in [6, 6.07) is 6.80. The Morgan fingerprint density at radius 1 is 1.05 bits per heavy atom. The lowest BCUT2D eigenvalue weighted by Crippen LogP contribution is -2.03. The number of halogens is 3. The number of hydrogen-bond acceptors (Lipinski definition) is 2. The van der Waals surface area contributed by atoms with Crippen LogP contribution >= 0.6 is 0 Å². The van der Waals surface area contributed by atoms with Crippen molar-refractivity contribution in [2.24, 2.45) is 0 Å². The van der Waals surface area contributed by atoms with Crippen LogP contribution in [0.15, 0.2) is 41.3 Å². The molecule has 0 aliphatic rings. The molecule has 19 heavy (non-hydrogen) atoms. The Morgan fingerprint density at radius 3 is 2.26 bits per heavy atom. The number of nitrogens with two attached hydrogens (primary N) is 1. The molecule has 2 aromatic rings. The van der Waals surface area contributed by atoms with Gasteiger partial charge in [-0.3, -0.25) is 4.21 Å². The predicted molar refractivity (Wildman–Crippen MR) is 67.3 cm³/mol. The molecular weight excluding hydrogens is 275 g/mol. The summed E-state index contributed by atoms with van der Waals surface area (Å²) < 4.78 is 51.9. The van der Waals surface area contributed by atoms with Crippen LogP contribution in [-0.2, 0) is 16.6 Å². The van der Waals surface area contributed by atoms with Gasteiger partial charge in [0.1, 0.15) is 17.5 Å². The van der Waals surface area contributed by atoms with Crippen molar-refractivity contribution in [3.63, 3.8) is 0 Å². The van der Waals surface area contributed by atoms with Crippen molar-refractivity contribution < 1.29 is 17.4 Å². The monoisotopic (exact) mass is 285 g/mol. The molecule has 0 aliphatic heterocycles. The second-order valence-electron chi connectivity index (χ2n) is 3.91. The highest BCUT2D eigenvalue weighted by Gasteiger charge is 2.14. The van der Waals surface area contributed by atoms with Crippen LogP contribution in [0.4, 0.5) is 18.9 Å². The summed E-state index contributed by atoms with van der Waals surface area (Å²) in [5, 5.41) is 0. The minimum Gasteiger partial charge on any atom is -0.399 e. The number of nitrogen functional groups attached to an aromatic ring is 1. The molecule has 6 heteroatoms. The van der Waals surface area contributed by atoms with E-state index >= 15 is 0 Å².